The molecule has 2 aromatic rings. The van der Waals surface area contributed by atoms with E-state index in [-0.39, 0.29) is 0 Å². The highest BCUT2D eigenvalue weighted by molar-refractivity contribution is 7.71. The summed E-state index contributed by atoms with van der Waals surface area (Å²) in [6, 6.07) is 10.4. The third-order valence-electron chi connectivity index (χ3n) is 3.17. The van der Waals surface area contributed by atoms with Gasteiger partial charge in [0.2, 0.25) is 0 Å². The van der Waals surface area contributed by atoms with Gasteiger partial charge >= 0.3 is 0 Å². The second-order valence-corrected chi connectivity index (χ2v) is 4.90. The van der Waals surface area contributed by atoms with Crippen molar-refractivity contribution in [2.24, 2.45) is 0 Å². The number of nitrogens with one attached hydrogen (secondary N) is 1. The Balaban J connectivity index is 1.81. The van der Waals surface area contributed by atoms with Crippen molar-refractivity contribution in [3.63, 3.8) is 0 Å². The molecular formula is C13H14N4S. The molecule has 0 saturated heterocycles. The van der Waals surface area contributed by atoms with Crippen LogP contribution in [-0.2, 0) is 19.6 Å². The number of H-pyrrole nitrogens is 1. The van der Waals surface area contributed by atoms with Crippen molar-refractivity contribution < 1.29 is 0 Å². The van der Waals surface area contributed by atoms with Gasteiger partial charge in [-0.25, -0.2) is 4.98 Å². The van der Waals surface area contributed by atoms with Crippen molar-refractivity contribution in [1.29, 1.82) is 0 Å². The lowest BCUT2D eigenvalue weighted by Crippen LogP contribution is -2.15. The largest absolute Gasteiger partial charge is 0.383 e. The lowest BCUT2D eigenvalue weighted by atomic mass is 10.2. The van der Waals surface area contributed by atoms with Gasteiger partial charge < -0.3 is 10.7 Å². The molecule has 0 unspecified atom stereocenters. The molecule has 0 atom stereocenters. The van der Waals surface area contributed by atoms with E-state index < -0.39 is 0 Å². The summed E-state index contributed by atoms with van der Waals surface area (Å²) in [6.45, 7) is 2.59. The Morgan fingerprint density at radius 2 is 2.06 bits per heavy atom. The maximum absolute atomic E-state index is 5.90. The Labute approximate surface area is 110 Å². The average Bonchev–Trinajstić information content (AvgIpc) is 2.73. The number of nitrogen functional groups attached to an aromatic ring is 1. The van der Waals surface area contributed by atoms with E-state index in [1.54, 1.807) is 0 Å². The first-order valence-electron chi connectivity index (χ1n) is 5.86. The molecule has 1 aromatic carbocycles. The lowest BCUT2D eigenvalue weighted by molar-refractivity contribution is 0.274. The standard InChI is InChI=1S/C13H14N4S/c14-12-10-7-17(6-9-4-2-1-3-5-9)8-11(10)15-13(18)16-12/h1-5H,6-8H2,(H3,14,15,16,18). The number of nitrogens with zero attached hydrogens (tertiary/aromatic N) is 2. The molecule has 3 N–H and O–H groups in total. The zero-order valence-electron chi connectivity index (χ0n) is 9.89. The third-order valence-corrected chi connectivity index (χ3v) is 3.36. The van der Waals surface area contributed by atoms with Crippen LogP contribution in [-0.4, -0.2) is 14.9 Å². The number of hydrogen-bond acceptors (Lipinski definition) is 4. The molecule has 92 valence electrons. The number of fused-ring (bicyclic) bond motifs is 1. The maximum atomic E-state index is 5.90. The van der Waals surface area contributed by atoms with Crippen molar-refractivity contribution in [2.45, 2.75) is 19.6 Å². The number of aromatic nitrogens is 2. The summed E-state index contributed by atoms with van der Waals surface area (Å²) < 4.78 is 0.466. The number of hydrogen-bond donors (Lipinski definition) is 2. The summed E-state index contributed by atoms with van der Waals surface area (Å²) in [5, 5.41) is 0. The smallest absolute Gasteiger partial charge is 0.199 e. The van der Waals surface area contributed by atoms with Crippen LogP contribution in [0.2, 0.25) is 0 Å². The molecule has 4 nitrogen and oxygen atoms in total. The fourth-order valence-electron chi connectivity index (χ4n) is 2.33. The Hall–Kier alpha value is -1.72. The molecule has 5 heteroatoms. The number of anilines is 1. The predicted octanol–water partition coefficient (Wildman–Crippen LogP) is 2.24. The Morgan fingerprint density at radius 3 is 2.83 bits per heavy atom. The SMILES string of the molecule is Nc1nc(=S)[nH]c2c1CN(Cc1ccccc1)C2. The van der Waals surface area contributed by atoms with Crippen LogP contribution in [0.1, 0.15) is 16.8 Å². The molecule has 0 fully saturated rings. The average molecular weight is 258 g/mol. The third kappa shape index (κ3) is 2.14. The van der Waals surface area contributed by atoms with Crippen molar-refractivity contribution >= 4 is 18.0 Å². The second kappa shape index (κ2) is 4.51. The topological polar surface area (TPSA) is 57.9 Å². The highest BCUT2D eigenvalue weighted by atomic mass is 32.1. The van der Waals surface area contributed by atoms with Crippen LogP contribution in [0.3, 0.4) is 0 Å². The Bertz CT molecular complexity index is 621. The van der Waals surface area contributed by atoms with E-state index in [1.807, 2.05) is 6.07 Å². The summed E-state index contributed by atoms with van der Waals surface area (Å²) in [6.07, 6.45) is 0. The Morgan fingerprint density at radius 1 is 1.28 bits per heavy atom. The van der Waals surface area contributed by atoms with E-state index in [0.29, 0.717) is 10.6 Å². The van der Waals surface area contributed by atoms with Crippen LogP contribution >= 0.6 is 12.2 Å². The van der Waals surface area contributed by atoms with Gasteiger partial charge in [0.1, 0.15) is 5.82 Å². The fourth-order valence-corrected chi connectivity index (χ4v) is 2.55. The first-order valence-corrected chi connectivity index (χ1v) is 6.27. The van der Waals surface area contributed by atoms with E-state index in [9.17, 15) is 0 Å². The highest BCUT2D eigenvalue weighted by Gasteiger charge is 2.22. The number of benzene rings is 1. The molecule has 0 spiro atoms. The maximum Gasteiger partial charge on any atom is 0.199 e. The molecule has 0 radical (unpaired) electrons. The normalized spacial score (nSPS) is 14.7. The Kier molecular flexibility index (Phi) is 2.85. The molecule has 1 aliphatic heterocycles. The van der Waals surface area contributed by atoms with E-state index in [2.05, 4.69) is 39.1 Å². The van der Waals surface area contributed by atoms with Crippen molar-refractivity contribution in [3.8, 4) is 0 Å². The van der Waals surface area contributed by atoms with Gasteiger partial charge in [-0.05, 0) is 17.8 Å². The minimum Gasteiger partial charge on any atom is -0.383 e. The monoisotopic (exact) mass is 258 g/mol. The molecule has 0 amide bonds. The summed E-state index contributed by atoms with van der Waals surface area (Å²) in [4.78, 5) is 9.55. The summed E-state index contributed by atoms with van der Waals surface area (Å²) in [7, 11) is 0. The van der Waals surface area contributed by atoms with Crippen LogP contribution in [0.15, 0.2) is 30.3 Å². The molecule has 3 rings (SSSR count). The van der Waals surface area contributed by atoms with E-state index in [0.717, 1.165) is 30.9 Å². The van der Waals surface area contributed by atoms with Crippen LogP contribution in [0, 0.1) is 4.77 Å². The first kappa shape index (κ1) is 11.4. The summed E-state index contributed by atoms with van der Waals surface area (Å²) in [5.41, 5.74) is 9.39. The molecule has 0 aliphatic carbocycles. The van der Waals surface area contributed by atoms with Crippen LogP contribution < -0.4 is 5.73 Å². The van der Waals surface area contributed by atoms with Gasteiger partial charge in [0.15, 0.2) is 4.77 Å². The molecule has 18 heavy (non-hydrogen) atoms. The lowest BCUT2D eigenvalue weighted by Gasteiger charge is -2.14. The van der Waals surface area contributed by atoms with E-state index in [1.165, 1.54) is 5.56 Å². The molecule has 1 aliphatic rings. The van der Waals surface area contributed by atoms with Gasteiger partial charge in [0.05, 0.1) is 0 Å². The zero-order chi connectivity index (χ0) is 12.5. The summed E-state index contributed by atoms with van der Waals surface area (Å²) in [5.74, 6) is 0.560. The molecular weight excluding hydrogens is 244 g/mol. The summed E-state index contributed by atoms with van der Waals surface area (Å²) >= 11 is 5.04. The fraction of sp³-hybridized carbons (Fsp3) is 0.231. The number of nitrogens with two attached hydrogens (primary N) is 1. The van der Waals surface area contributed by atoms with Crippen molar-refractivity contribution in [3.05, 3.63) is 51.9 Å². The van der Waals surface area contributed by atoms with Crippen molar-refractivity contribution in [1.82, 2.24) is 14.9 Å². The minimum atomic E-state index is 0.466. The van der Waals surface area contributed by atoms with Gasteiger partial charge in [-0.3, -0.25) is 4.90 Å². The second-order valence-electron chi connectivity index (χ2n) is 4.52. The number of rotatable bonds is 2. The quantitative estimate of drug-likeness (QED) is 0.811. The predicted molar refractivity (Wildman–Crippen MR) is 73.2 cm³/mol. The van der Waals surface area contributed by atoms with Crippen molar-refractivity contribution in [2.75, 3.05) is 5.73 Å². The van der Waals surface area contributed by atoms with Crippen LogP contribution in [0.4, 0.5) is 5.82 Å². The van der Waals surface area contributed by atoms with E-state index in [4.69, 9.17) is 18.0 Å². The van der Waals surface area contributed by atoms with Gasteiger partial charge in [0.25, 0.3) is 0 Å². The first-order chi connectivity index (χ1) is 8.72. The number of aromatic amines is 1. The highest BCUT2D eigenvalue weighted by Crippen LogP contribution is 2.25. The molecule has 2 heterocycles. The van der Waals surface area contributed by atoms with E-state index >= 15 is 0 Å². The molecule has 0 bridgehead atoms. The van der Waals surface area contributed by atoms with Gasteiger partial charge in [-0.15, -0.1) is 0 Å². The molecule has 0 saturated carbocycles. The molecule has 1 aromatic heterocycles. The van der Waals surface area contributed by atoms with Gasteiger partial charge in [-0.1, -0.05) is 30.3 Å². The van der Waals surface area contributed by atoms with Gasteiger partial charge in [0, 0.05) is 30.9 Å². The zero-order valence-corrected chi connectivity index (χ0v) is 10.7. The van der Waals surface area contributed by atoms with Crippen LogP contribution in [0.5, 0.6) is 0 Å². The minimum absolute atomic E-state index is 0.466. The van der Waals surface area contributed by atoms with Crippen LogP contribution in [0.25, 0.3) is 0 Å². The van der Waals surface area contributed by atoms with Gasteiger partial charge in [-0.2, -0.15) is 0 Å².